The number of aromatic nitrogens is 1. The lowest BCUT2D eigenvalue weighted by Gasteiger charge is -2.20. The first kappa shape index (κ1) is 17.3. The van der Waals surface area contributed by atoms with Crippen molar-refractivity contribution < 1.29 is 4.79 Å². The van der Waals surface area contributed by atoms with Gasteiger partial charge in [0.1, 0.15) is 5.15 Å². The Morgan fingerprint density at radius 3 is 2.60 bits per heavy atom. The molecule has 1 atom stereocenters. The van der Waals surface area contributed by atoms with Crippen molar-refractivity contribution in [2.24, 2.45) is 0 Å². The van der Waals surface area contributed by atoms with Gasteiger partial charge in [-0.05, 0) is 24.8 Å². The van der Waals surface area contributed by atoms with Gasteiger partial charge in [0.05, 0.1) is 0 Å². The van der Waals surface area contributed by atoms with Crippen LogP contribution in [0.4, 0.5) is 0 Å². The van der Waals surface area contributed by atoms with E-state index in [4.69, 9.17) is 11.6 Å². The van der Waals surface area contributed by atoms with Crippen LogP contribution >= 0.6 is 23.4 Å². The summed E-state index contributed by atoms with van der Waals surface area (Å²) in [5.41, 5.74) is 1.27. The van der Waals surface area contributed by atoms with Crippen molar-refractivity contribution >= 4 is 29.3 Å². The van der Waals surface area contributed by atoms with Crippen LogP contribution in [-0.2, 0) is 5.41 Å². The van der Waals surface area contributed by atoms with E-state index in [1.807, 2.05) is 12.3 Å². The zero-order chi connectivity index (χ0) is 15.3. The van der Waals surface area contributed by atoms with Gasteiger partial charge in [0.2, 0.25) is 0 Å². The molecular formula is C15H23ClN2OS. The van der Waals surface area contributed by atoms with Crippen molar-refractivity contribution in [1.82, 2.24) is 10.3 Å². The molecule has 1 aromatic heterocycles. The van der Waals surface area contributed by atoms with Gasteiger partial charge in [-0.15, -0.1) is 0 Å². The zero-order valence-corrected chi connectivity index (χ0v) is 14.4. The lowest BCUT2D eigenvalue weighted by atomic mass is 9.91. The van der Waals surface area contributed by atoms with Gasteiger partial charge in [-0.25, -0.2) is 4.98 Å². The van der Waals surface area contributed by atoms with Gasteiger partial charge in [0, 0.05) is 28.5 Å². The molecule has 112 valence electrons. The molecule has 0 aliphatic carbocycles. The molecule has 0 aliphatic heterocycles. The number of thioether (sulfide) groups is 1. The van der Waals surface area contributed by atoms with Crippen LogP contribution in [0.2, 0.25) is 5.15 Å². The topological polar surface area (TPSA) is 42.0 Å². The Bertz CT molecular complexity index is 471. The Morgan fingerprint density at radius 2 is 2.10 bits per heavy atom. The molecule has 1 amide bonds. The molecule has 0 saturated heterocycles. The van der Waals surface area contributed by atoms with E-state index >= 15 is 0 Å². The number of hydrogen-bond acceptors (Lipinski definition) is 3. The van der Waals surface area contributed by atoms with Crippen molar-refractivity contribution in [3.05, 3.63) is 28.5 Å². The number of halogens is 1. The van der Waals surface area contributed by atoms with Gasteiger partial charge >= 0.3 is 0 Å². The molecule has 1 unspecified atom stereocenters. The highest BCUT2D eigenvalue weighted by Crippen LogP contribution is 2.23. The molecular weight excluding hydrogens is 292 g/mol. The maximum Gasteiger partial charge on any atom is 0.251 e. The first-order valence-corrected chi connectivity index (χ1v) is 8.53. The molecule has 0 aliphatic rings. The van der Waals surface area contributed by atoms with E-state index in [1.165, 1.54) is 0 Å². The molecule has 1 N–H and O–H groups in total. The molecule has 5 heteroatoms. The predicted octanol–water partition coefficient (Wildman–Crippen LogP) is 3.90. The van der Waals surface area contributed by atoms with Gasteiger partial charge in [0.15, 0.2) is 0 Å². The summed E-state index contributed by atoms with van der Waals surface area (Å²) in [5, 5.41) is 3.41. The molecule has 0 spiro atoms. The van der Waals surface area contributed by atoms with Gasteiger partial charge in [0.25, 0.3) is 5.91 Å². The number of carbonyl (C=O) groups is 1. The maximum atomic E-state index is 12.3. The summed E-state index contributed by atoms with van der Waals surface area (Å²) in [6.45, 7) is 8.23. The fraction of sp³-hybridized carbons (Fsp3) is 0.600. The van der Waals surface area contributed by atoms with Crippen LogP contribution in [0.3, 0.4) is 0 Å². The number of rotatable bonds is 5. The number of carbonyl (C=O) groups excluding carboxylic acids is 1. The maximum absolute atomic E-state index is 12.3. The molecule has 0 fully saturated rings. The summed E-state index contributed by atoms with van der Waals surface area (Å²) in [4.78, 5) is 16.6. The minimum atomic E-state index is -0.136. The zero-order valence-electron chi connectivity index (χ0n) is 12.8. The van der Waals surface area contributed by atoms with Crippen LogP contribution < -0.4 is 5.32 Å². The molecule has 0 radical (unpaired) electrons. The normalized spacial score (nSPS) is 13.1. The Kier molecular flexibility index (Phi) is 6.34. The minimum Gasteiger partial charge on any atom is -0.348 e. The lowest BCUT2D eigenvalue weighted by Crippen LogP contribution is -2.36. The number of amides is 1. The Labute approximate surface area is 130 Å². The van der Waals surface area contributed by atoms with Crippen LogP contribution in [0.5, 0.6) is 0 Å². The average molecular weight is 315 g/mol. The molecule has 1 heterocycles. The average Bonchev–Trinajstić information content (AvgIpc) is 2.36. The van der Waals surface area contributed by atoms with E-state index in [0.717, 1.165) is 17.9 Å². The van der Waals surface area contributed by atoms with Crippen molar-refractivity contribution in [3.63, 3.8) is 0 Å². The number of nitrogens with zero attached hydrogens (tertiary/aromatic N) is 1. The Morgan fingerprint density at radius 1 is 1.45 bits per heavy atom. The fourth-order valence-electron chi connectivity index (χ4n) is 1.74. The van der Waals surface area contributed by atoms with Crippen LogP contribution in [0, 0.1) is 0 Å². The van der Waals surface area contributed by atoms with E-state index in [9.17, 15) is 4.79 Å². The standard InChI is InChI=1S/C15H23ClN2OS/c1-6-11(9-20-5)17-14(19)10-7-12(15(2,3)4)18-13(16)8-10/h7-8,11H,6,9H2,1-5H3,(H,17,19). The quantitative estimate of drug-likeness (QED) is 0.838. The second kappa shape index (κ2) is 7.32. The smallest absolute Gasteiger partial charge is 0.251 e. The van der Waals surface area contributed by atoms with Crippen molar-refractivity contribution in [3.8, 4) is 0 Å². The van der Waals surface area contributed by atoms with Gasteiger partial charge < -0.3 is 5.32 Å². The monoisotopic (exact) mass is 314 g/mol. The van der Waals surface area contributed by atoms with Gasteiger partial charge in [-0.1, -0.05) is 39.3 Å². The second-order valence-electron chi connectivity index (χ2n) is 5.85. The van der Waals surface area contributed by atoms with Crippen LogP contribution in [0.25, 0.3) is 0 Å². The molecule has 0 aromatic carbocycles. The summed E-state index contributed by atoms with van der Waals surface area (Å²) >= 11 is 7.77. The van der Waals surface area contributed by atoms with Crippen LogP contribution in [0.1, 0.15) is 50.2 Å². The number of pyridine rings is 1. The summed E-state index contributed by atoms with van der Waals surface area (Å²) in [5.74, 6) is 0.827. The lowest BCUT2D eigenvalue weighted by molar-refractivity contribution is 0.0939. The molecule has 1 aromatic rings. The van der Waals surface area contributed by atoms with Crippen LogP contribution in [-0.4, -0.2) is 28.9 Å². The largest absolute Gasteiger partial charge is 0.348 e. The summed E-state index contributed by atoms with van der Waals surface area (Å²) in [6.07, 6.45) is 2.95. The highest BCUT2D eigenvalue weighted by atomic mass is 35.5. The molecule has 0 bridgehead atoms. The highest BCUT2D eigenvalue weighted by molar-refractivity contribution is 7.98. The van der Waals surface area contributed by atoms with Gasteiger partial charge in [-0.3, -0.25) is 4.79 Å². The van der Waals surface area contributed by atoms with Gasteiger partial charge in [-0.2, -0.15) is 11.8 Å². The first-order chi connectivity index (χ1) is 9.27. The summed E-state index contributed by atoms with van der Waals surface area (Å²) < 4.78 is 0. The Balaban J connectivity index is 2.96. The predicted molar refractivity (Wildman–Crippen MR) is 87.9 cm³/mol. The summed E-state index contributed by atoms with van der Waals surface area (Å²) in [7, 11) is 0. The first-order valence-electron chi connectivity index (χ1n) is 6.75. The van der Waals surface area contributed by atoms with Crippen molar-refractivity contribution in [2.45, 2.75) is 45.6 Å². The van der Waals surface area contributed by atoms with Crippen molar-refractivity contribution in [2.75, 3.05) is 12.0 Å². The SMILES string of the molecule is CCC(CSC)NC(=O)c1cc(Cl)nc(C(C)(C)C)c1. The second-order valence-corrected chi connectivity index (χ2v) is 7.15. The third-order valence-electron chi connectivity index (χ3n) is 3.02. The molecule has 0 saturated carbocycles. The van der Waals surface area contributed by atoms with E-state index < -0.39 is 0 Å². The minimum absolute atomic E-state index is 0.0827. The Hall–Kier alpha value is -0.740. The molecule has 3 nitrogen and oxygen atoms in total. The molecule has 20 heavy (non-hydrogen) atoms. The third kappa shape index (κ3) is 4.98. The van der Waals surface area contributed by atoms with E-state index in [1.54, 1.807) is 17.8 Å². The van der Waals surface area contributed by atoms with Crippen molar-refractivity contribution in [1.29, 1.82) is 0 Å². The number of hydrogen-bond donors (Lipinski definition) is 1. The highest BCUT2D eigenvalue weighted by Gasteiger charge is 2.19. The fourth-order valence-corrected chi connectivity index (χ4v) is 2.67. The van der Waals surface area contributed by atoms with E-state index in [-0.39, 0.29) is 17.4 Å². The number of nitrogens with one attached hydrogen (secondary N) is 1. The van der Waals surface area contributed by atoms with E-state index in [0.29, 0.717) is 10.7 Å². The third-order valence-corrected chi connectivity index (χ3v) is 3.95. The van der Waals surface area contributed by atoms with Crippen LogP contribution in [0.15, 0.2) is 12.1 Å². The molecule has 1 rings (SSSR count). The van der Waals surface area contributed by atoms with E-state index in [2.05, 4.69) is 38.0 Å². The summed E-state index contributed by atoms with van der Waals surface area (Å²) in [6, 6.07) is 3.63.